The van der Waals surface area contributed by atoms with Gasteiger partial charge in [0, 0.05) is 6.42 Å². The zero-order valence-corrected chi connectivity index (χ0v) is 10.9. The van der Waals surface area contributed by atoms with Crippen LogP contribution in [0.15, 0.2) is 18.2 Å². The summed E-state index contributed by atoms with van der Waals surface area (Å²) in [5, 5.41) is 0. The largest absolute Gasteiger partial charge is 0.486 e. The van der Waals surface area contributed by atoms with E-state index in [1.165, 1.54) is 47.0 Å². The van der Waals surface area contributed by atoms with Crippen LogP contribution in [0.25, 0.3) is 0 Å². The summed E-state index contributed by atoms with van der Waals surface area (Å²) in [6.07, 6.45) is 7.70. The lowest BCUT2D eigenvalue weighted by atomic mass is 9.82. The first-order valence-corrected chi connectivity index (χ1v) is 6.83. The number of ether oxygens (including phenoxy) is 1. The molecule has 1 aromatic rings. The molecule has 1 fully saturated rings. The van der Waals surface area contributed by atoms with Gasteiger partial charge >= 0.3 is 0 Å². The molecular weight excluding hydrogens is 299 g/mol. The minimum atomic E-state index is 0.169. The Bertz CT molecular complexity index is 380. The normalized spacial score (nSPS) is 22.5. The number of para-hydroxylation sites is 1. The molecule has 1 aliphatic carbocycles. The Morgan fingerprint density at radius 3 is 2.67 bits per heavy atom. The molecular formula is C13H15IO. The summed E-state index contributed by atoms with van der Waals surface area (Å²) >= 11 is 2.38. The molecule has 0 N–H and O–H groups in total. The lowest BCUT2D eigenvalue weighted by molar-refractivity contribution is 0.0522. The Hall–Kier alpha value is -0.250. The highest BCUT2D eigenvalue weighted by Crippen LogP contribution is 2.44. The second-order valence-corrected chi connectivity index (χ2v) is 5.91. The monoisotopic (exact) mass is 314 g/mol. The predicted molar refractivity (Wildman–Crippen MR) is 69.3 cm³/mol. The molecule has 1 heterocycles. The van der Waals surface area contributed by atoms with Gasteiger partial charge in [-0.3, -0.25) is 0 Å². The molecule has 1 saturated carbocycles. The molecule has 0 amide bonds. The van der Waals surface area contributed by atoms with Crippen LogP contribution in [-0.4, -0.2) is 5.60 Å². The molecule has 80 valence electrons. The Labute approximate surface area is 104 Å². The zero-order valence-electron chi connectivity index (χ0n) is 8.76. The van der Waals surface area contributed by atoms with E-state index in [4.69, 9.17) is 4.74 Å². The van der Waals surface area contributed by atoms with Gasteiger partial charge in [-0.15, -0.1) is 0 Å². The summed E-state index contributed by atoms with van der Waals surface area (Å²) in [6, 6.07) is 6.51. The summed E-state index contributed by atoms with van der Waals surface area (Å²) in [7, 11) is 0. The van der Waals surface area contributed by atoms with E-state index in [0.717, 1.165) is 6.42 Å². The van der Waals surface area contributed by atoms with Crippen LogP contribution in [-0.2, 0) is 6.42 Å². The first kappa shape index (κ1) is 9.94. The van der Waals surface area contributed by atoms with Crippen molar-refractivity contribution >= 4 is 22.6 Å². The van der Waals surface area contributed by atoms with Gasteiger partial charge in [0.25, 0.3) is 0 Å². The molecule has 1 nitrogen and oxygen atoms in total. The van der Waals surface area contributed by atoms with Crippen molar-refractivity contribution in [1.82, 2.24) is 0 Å². The van der Waals surface area contributed by atoms with Crippen molar-refractivity contribution in [3.8, 4) is 5.75 Å². The van der Waals surface area contributed by atoms with Gasteiger partial charge in [0.05, 0.1) is 3.57 Å². The third-order valence-corrected chi connectivity index (χ3v) is 4.49. The van der Waals surface area contributed by atoms with Crippen molar-refractivity contribution in [1.29, 1.82) is 0 Å². The van der Waals surface area contributed by atoms with E-state index in [9.17, 15) is 0 Å². The van der Waals surface area contributed by atoms with Crippen molar-refractivity contribution in [2.24, 2.45) is 0 Å². The second kappa shape index (κ2) is 3.65. The van der Waals surface area contributed by atoms with Crippen molar-refractivity contribution < 1.29 is 4.74 Å². The first-order chi connectivity index (χ1) is 7.29. The van der Waals surface area contributed by atoms with E-state index >= 15 is 0 Å². The Kier molecular flexibility index (Phi) is 2.42. The van der Waals surface area contributed by atoms with E-state index in [-0.39, 0.29) is 5.60 Å². The maximum absolute atomic E-state index is 6.26. The van der Waals surface area contributed by atoms with Crippen molar-refractivity contribution in [2.75, 3.05) is 0 Å². The highest BCUT2D eigenvalue weighted by Gasteiger charge is 2.40. The van der Waals surface area contributed by atoms with Crippen molar-refractivity contribution in [3.05, 3.63) is 27.3 Å². The zero-order chi connectivity index (χ0) is 10.3. The predicted octanol–water partition coefficient (Wildman–Crippen LogP) is 3.93. The Morgan fingerprint density at radius 2 is 1.93 bits per heavy atom. The average Bonchev–Trinajstić information content (AvgIpc) is 2.59. The molecule has 2 heteroatoms. The maximum Gasteiger partial charge on any atom is 0.136 e. The SMILES string of the molecule is Ic1cccc2c1OC1(CCCCC1)C2. The van der Waals surface area contributed by atoms with Crippen LogP contribution in [0.1, 0.15) is 37.7 Å². The summed E-state index contributed by atoms with van der Waals surface area (Å²) in [5.74, 6) is 1.17. The van der Waals surface area contributed by atoms with Gasteiger partial charge in [0.15, 0.2) is 0 Å². The van der Waals surface area contributed by atoms with Gasteiger partial charge in [-0.2, -0.15) is 0 Å². The van der Waals surface area contributed by atoms with E-state index in [0.29, 0.717) is 0 Å². The Balaban J connectivity index is 1.94. The van der Waals surface area contributed by atoms with Crippen LogP contribution in [0, 0.1) is 3.57 Å². The van der Waals surface area contributed by atoms with E-state index in [1.807, 2.05) is 0 Å². The van der Waals surface area contributed by atoms with Crippen LogP contribution in [0.4, 0.5) is 0 Å². The molecule has 0 saturated heterocycles. The summed E-state index contributed by atoms with van der Waals surface area (Å²) in [5.41, 5.74) is 1.59. The third-order valence-electron chi connectivity index (χ3n) is 3.64. The summed E-state index contributed by atoms with van der Waals surface area (Å²) in [6.45, 7) is 0. The molecule has 0 bridgehead atoms. The fourth-order valence-electron chi connectivity index (χ4n) is 2.88. The fraction of sp³-hybridized carbons (Fsp3) is 0.538. The van der Waals surface area contributed by atoms with Crippen LogP contribution in [0.5, 0.6) is 5.75 Å². The molecule has 1 aliphatic heterocycles. The third kappa shape index (κ3) is 1.67. The van der Waals surface area contributed by atoms with Gasteiger partial charge < -0.3 is 4.74 Å². The second-order valence-electron chi connectivity index (χ2n) is 4.75. The standard InChI is InChI=1S/C13H15IO/c14-11-6-4-5-10-9-13(15-12(10)11)7-2-1-3-8-13/h4-6H,1-3,7-9H2. The lowest BCUT2D eigenvalue weighted by Crippen LogP contribution is -2.36. The average molecular weight is 314 g/mol. The van der Waals surface area contributed by atoms with Crippen molar-refractivity contribution in [2.45, 2.75) is 44.1 Å². The minimum Gasteiger partial charge on any atom is -0.486 e. The number of benzene rings is 1. The molecule has 0 aromatic heterocycles. The molecule has 0 unspecified atom stereocenters. The minimum absolute atomic E-state index is 0.169. The molecule has 1 spiro atoms. The molecule has 2 aliphatic rings. The molecule has 1 aromatic carbocycles. The highest BCUT2D eigenvalue weighted by molar-refractivity contribution is 14.1. The van der Waals surface area contributed by atoms with Crippen LogP contribution >= 0.6 is 22.6 Å². The van der Waals surface area contributed by atoms with Gasteiger partial charge in [0.2, 0.25) is 0 Å². The van der Waals surface area contributed by atoms with E-state index in [1.54, 1.807) is 0 Å². The van der Waals surface area contributed by atoms with Crippen LogP contribution in [0.3, 0.4) is 0 Å². The number of hydrogen-bond acceptors (Lipinski definition) is 1. The van der Waals surface area contributed by atoms with Gasteiger partial charge in [-0.25, -0.2) is 0 Å². The topological polar surface area (TPSA) is 9.23 Å². The number of halogens is 1. The Morgan fingerprint density at radius 1 is 1.13 bits per heavy atom. The van der Waals surface area contributed by atoms with Crippen LogP contribution in [0.2, 0.25) is 0 Å². The number of fused-ring (bicyclic) bond motifs is 1. The maximum atomic E-state index is 6.26. The van der Waals surface area contributed by atoms with Gasteiger partial charge in [-0.1, -0.05) is 18.6 Å². The quantitative estimate of drug-likeness (QED) is 0.659. The lowest BCUT2D eigenvalue weighted by Gasteiger charge is -2.32. The smallest absolute Gasteiger partial charge is 0.136 e. The highest BCUT2D eigenvalue weighted by atomic mass is 127. The van der Waals surface area contributed by atoms with E-state index in [2.05, 4.69) is 40.8 Å². The van der Waals surface area contributed by atoms with Gasteiger partial charge in [0.1, 0.15) is 11.4 Å². The fourth-order valence-corrected chi connectivity index (χ4v) is 3.55. The number of hydrogen-bond donors (Lipinski definition) is 0. The summed E-state index contributed by atoms with van der Waals surface area (Å²) < 4.78 is 7.53. The first-order valence-electron chi connectivity index (χ1n) is 5.76. The van der Waals surface area contributed by atoms with Crippen molar-refractivity contribution in [3.63, 3.8) is 0 Å². The molecule has 15 heavy (non-hydrogen) atoms. The van der Waals surface area contributed by atoms with Crippen LogP contribution < -0.4 is 4.74 Å². The number of rotatable bonds is 0. The van der Waals surface area contributed by atoms with E-state index < -0.39 is 0 Å². The molecule has 0 atom stereocenters. The molecule has 3 rings (SSSR count). The molecule has 0 radical (unpaired) electrons. The van der Waals surface area contributed by atoms with Gasteiger partial charge in [-0.05, 0) is 59.9 Å². The summed E-state index contributed by atoms with van der Waals surface area (Å²) in [4.78, 5) is 0.